The molecule has 0 radical (unpaired) electrons. The monoisotopic (exact) mass is 354 g/mol. The lowest BCUT2D eigenvalue weighted by molar-refractivity contribution is -0.147. The van der Waals surface area contributed by atoms with Crippen LogP contribution >= 0.6 is 0 Å². The molecule has 0 aliphatic heterocycles. The molecule has 0 spiro atoms. The SMILES string of the molecule is CCN(CC)C(=O)N[C@@H](Cc1ccccc1)C(=O)OCc1ccccc1. The molecule has 1 atom stereocenters. The Labute approximate surface area is 155 Å². The third-order valence-corrected chi connectivity index (χ3v) is 4.14. The van der Waals surface area contributed by atoms with E-state index in [4.69, 9.17) is 4.74 Å². The van der Waals surface area contributed by atoms with Crippen LogP contribution in [0.5, 0.6) is 0 Å². The van der Waals surface area contributed by atoms with Gasteiger partial charge in [0.05, 0.1) is 0 Å². The van der Waals surface area contributed by atoms with Crippen LogP contribution in [-0.4, -0.2) is 36.0 Å². The summed E-state index contributed by atoms with van der Waals surface area (Å²) < 4.78 is 5.44. The normalized spacial score (nSPS) is 11.5. The molecule has 26 heavy (non-hydrogen) atoms. The summed E-state index contributed by atoms with van der Waals surface area (Å²) in [5.74, 6) is -0.432. The number of rotatable bonds is 8. The Kier molecular flexibility index (Phi) is 7.68. The van der Waals surface area contributed by atoms with Crippen LogP contribution in [0.25, 0.3) is 0 Å². The van der Waals surface area contributed by atoms with Crippen LogP contribution in [-0.2, 0) is 22.6 Å². The van der Waals surface area contributed by atoms with E-state index >= 15 is 0 Å². The van der Waals surface area contributed by atoms with Gasteiger partial charge in [0.15, 0.2) is 0 Å². The van der Waals surface area contributed by atoms with E-state index in [0.717, 1.165) is 11.1 Å². The van der Waals surface area contributed by atoms with Gasteiger partial charge in [-0.25, -0.2) is 9.59 Å². The Balaban J connectivity index is 2.05. The minimum Gasteiger partial charge on any atom is -0.459 e. The van der Waals surface area contributed by atoms with E-state index in [1.165, 1.54) is 0 Å². The lowest BCUT2D eigenvalue weighted by Gasteiger charge is -2.24. The Morgan fingerprint density at radius 2 is 1.46 bits per heavy atom. The molecule has 5 nitrogen and oxygen atoms in total. The summed E-state index contributed by atoms with van der Waals surface area (Å²) in [5.41, 5.74) is 1.88. The summed E-state index contributed by atoms with van der Waals surface area (Å²) in [4.78, 5) is 26.6. The molecule has 0 aliphatic carbocycles. The van der Waals surface area contributed by atoms with E-state index in [0.29, 0.717) is 19.5 Å². The summed E-state index contributed by atoms with van der Waals surface area (Å²) in [6.45, 7) is 5.16. The molecule has 0 fully saturated rings. The van der Waals surface area contributed by atoms with Gasteiger partial charge in [-0.3, -0.25) is 0 Å². The first-order valence-electron chi connectivity index (χ1n) is 8.94. The fourth-order valence-corrected chi connectivity index (χ4v) is 2.62. The molecule has 1 N–H and O–H groups in total. The maximum atomic E-state index is 12.6. The first-order valence-corrected chi connectivity index (χ1v) is 8.94. The molecule has 0 saturated heterocycles. The lowest BCUT2D eigenvalue weighted by Crippen LogP contribution is -2.49. The Morgan fingerprint density at radius 1 is 0.923 bits per heavy atom. The third kappa shape index (κ3) is 5.92. The van der Waals surface area contributed by atoms with Crippen molar-refractivity contribution >= 4 is 12.0 Å². The zero-order valence-electron chi connectivity index (χ0n) is 15.4. The topological polar surface area (TPSA) is 58.6 Å². The highest BCUT2D eigenvalue weighted by Gasteiger charge is 2.24. The first-order chi connectivity index (χ1) is 12.6. The highest BCUT2D eigenvalue weighted by atomic mass is 16.5. The molecule has 2 rings (SSSR count). The zero-order valence-corrected chi connectivity index (χ0v) is 15.4. The average Bonchev–Trinajstić information content (AvgIpc) is 2.68. The fraction of sp³-hybridized carbons (Fsp3) is 0.333. The van der Waals surface area contributed by atoms with Crippen molar-refractivity contribution in [1.29, 1.82) is 0 Å². The van der Waals surface area contributed by atoms with E-state index < -0.39 is 12.0 Å². The minimum absolute atomic E-state index is 0.187. The van der Waals surface area contributed by atoms with Crippen molar-refractivity contribution in [2.45, 2.75) is 32.9 Å². The molecule has 5 heteroatoms. The van der Waals surface area contributed by atoms with Crippen LogP contribution in [0.15, 0.2) is 60.7 Å². The van der Waals surface area contributed by atoms with Crippen molar-refractivity contribution < 1.29 is 14.3 Å². The molecule has 138 valence electrons. The maximum Gasteiger partial charge on any atom is 0.329 e. The number of benzene rings is 2. The number of urea groups is 1. The quantitative estimate of drug-likeness (QED) is 0.739. The van der Waals surface area contributed by atoms with Crippen LogP contribution in [0, 0.1) is 0 Å². The van der Waals surface area contributed by atoms with Crippen LogP contribution in [0.2, 0.25) is 0 Å². The average molecular weight is 354 g/mol. The van der Waals surface area contributed by atoms with E-state index in [-0.39, 0.29) is 12.6 Å². The summed E-state index contributed by atoms with van der Waals surface area (Å²) in [7, 11) is 0. The van der Waals surface area contributed by atoms with Crippen molar-refractivity contribution in [3.8, 4) is 0 Å². The van der Waals surface area contributed by atoms with Gasteiger partial charge in [-0.05, 0) is 25.0 Å². The summed E-state index contributed by atoms with van der Waals surface area (Å²) in [6, 6.07) is 18.1. The highest BCUT2D eigenvalue weighted by molar-refractivity contribution is 5.83. The molecular formula is C21H26N2O3. The van der Waals surface area contributed by atoms with Crippen molar-refractivity contribution in [1.82, 2.24) is 10.2 Å². The van der Waals surface area contributed by atoms with Gasteiger partial charge in [-0.2, -0.15) is 0 Å². The zero-order chi connectivity index (χ0) is 18.8. The number of nitrogens with one attached hydrogen (secondary N) is 1. The first kappa shape index (κ1) is 19.5. The van der Waals surface area contributed by atoms with E-state index in [1.54, 1.807) is 4.90 Å². The predicted molar refractivity (Wildman–Crippen MR) is 102 cm³/mol. The van der Waals surface area contributed by atoms with Crippen LogP contribution in [0.3, 0.4) is 0 Å². The van der Waals surface area contributed by atoms with Gasteiger partial charge >= 0.3 is 12.0 Å². The standard InChI is InChI=1S/C21H26N2O3/c1-3-23(4-2)21(25)22-19(15-17-11-7-5-8-12-17)20(24)26-16-18-13-9-6-10-14-18/h5-14,19H,3-4,15-16H2,1-2H3,(H,22,25)/t19-/m0/s1. The van der Waals surface area contributed by atoms with E-state index in [2.05, 4.69) is 5.32 Å². The van der Waals surface area contributed by atoms with Gasteiger partial charge in [0.25, 0.3) is 0 Å². The minimum atomic E-state index is -0.728. The van der Waals surface area contributed by atoms with Gasteiger partial charge in [0.2, 0.25) is 0 Å². The number of carbonyl (C=O) groups is 2. The van der Waals surface area contributed by atoms with Crippen molar-refractivity contribution in [3.05, 3.63) is 71.8 Å². The molecule has 0 saturated carbocycles. The van der Waals surface area contributed by atoms with Crippen molar-refractivity contribution in [2.75, 3.05) is 13.1 Å². The van der Waals surface area contributed by atoms with Gasteiger partial charge in [0.1, 0.15) is 12.6 Å². The van der Waals surface area contributed by atoms with Gasteiger partial charge < -0.3 is 15.0 Å². The predicted octanol–water partition coefficient (Wildman–Crippen LogP) is 3.39. The van der Waals surface area contributed by atoms with Crippen LogP contribution in [0.4, 0.5) is 4.79 Å². The number of esters is 1. The number of ether oxygens (including phenoxy) is 1. The molecule has 0 aromatic heterocycles. The second kappa shape index (κ2) is 10.2. The molecular weight excluding hydrogens is 328 g/mol. The summed E-state index contributed by atoms with van der Waals surface area (Å²) in [6.07, 6.45) is 0.390. The fourth-order valence-electron chi connectivity index (χ4n) is 2.62. The van der Waals surface area contributed by atoms with Crippen LogP contribution in [0.1, 0.15) is 25.0 Å². The summed E-state index contributed by atoms with van der Waals surface area (Å²) in [5, 5.41) is 2.82. The number of hydrogen-bond donors (Lipinski definition) is 1. The van der Waals surface area contributed by atoms with E-state index in [1.807, 2.05) is 74.5 Å². The van der Waals surface area contributed by atoms with Crippen molar-refractivity contribution in [3.63, 3.8) is 0 Å². The molecule has 0 unspecified atom stereocenters. The molecule has 0 bridgehead atoms. The van der Waals surface area contributed by atoms with Crippen LogP contribution < -0.4 is 5.32 Å². The van der Waals surface area contributed by atoms with Crippen molar-refractivity contribution in [2.24, 2.45) is 0 Å². The smallest absolute Gasteiger partial charge is 0.329 e. The summed E-state index contributed by atoms with van der Waals surface area (Å²) >= 11 is 0. The molecule has 0 aliphatic rings. The Bertz CT molecular complexity index is 685. The number of carbonyl (C=O) groups excluding carboxylic acids is 2. The molecule has 2 aromatic carbocycles. The Morgan fingerprint density at radius 3 is 2.00 bits per heavy atom. The molecule has 2 amide bonds. The number of nitrogens with zero attached hydrogens (tertiary/aromatic N) is 1. The lowest BCUT2D eigenvalue weighted by atomic mass is 10.1. The van der Waals surface area contributed by atoms with Gasteiger partial charge in [0, 0.05) is 19.5 Å². The highest BCUT2D eigenvalue weighted by Crippen LogP contribution is 2.08. The largest absolute Gasteiger partial charge is 0.459 e. The molecule has 0 heterocycles. The second-order valence-corrected chi connectivity index (χ2v) is 5.96. The molecule has 2 aromatic rings. The van der Waals surface area contributed by atoms with Gasteiger partial charge in [-0.15, -0.1) is 0 Å². The Hall–Kier alpha value is -2.82. The second-order valence-electron chi connectivity index (χ2n) is 5.96. The third-order valence-electron chi connectivity index (χ3n) is 4.14. The number of hydrogen-bond acceptors (Lipinski definition) is 3. The van der Waals surface area contributed by atoms with Gasteiger partial charge in [-0.1, -0.05) is 60.7 Å². The maximum absolute atomic E-state index is 12.6. The van der Waals surface area contributed by atoms with E-state index in [9.17, 15) is 9.59 Å². The number of amides is 2.